The first-order valence-corrected chi connectivity index (χ1v) is 13.7. The molecular weight excluding hydrogens is 472 g/mol. The van der Waals surface area contributed by atoms with Gasteiger partial charge in [0.15, 0.2) is 0 Å². The Morgan fingerprint density at radius 1 is 0.513 bits per heavy atom. The van der Waals surface area contributed by atoms with Gasteiger partial charge in [-0.1, -0.05) is 115 Å². The zero-order valence-corrected chi connectivity index (χ0v) is 21.5. The van der Waals surface area contributed by atoms with Gasteiger partial charge in [-0.25, -0.2) is 0 Å². The topological polar surface area (TPSA) is 13.1 Å². The Hall–Kier alpha value is -4.88. The summed E-state index contributed by atoms with van der Waals surface area (Å²) in [6.07, 6.45) is 8.88. The van der Waals surface area contributed by atoms with E-state index in [9.17, 15) is 0 Å². The zero-order chi connectivity index (χ0) is 25.8. The van der Waals surface area contributed by atoms with Crippen molar-refractivity contribution in [3.8, 4) is 22.3 Å². The van der Waals surface area contributed by atoms with E-state index in [-0.39, 0.29) is 0 Å². The number of furan rings is 1. The largest absolute Gasteiger partial charge is 0.456 e. The third kappa shape index (κ3) is 3.47. The highest BCUT2D eigenvalue weighted by atomic mass is 16.3. The number of benzene rings is 6. The van der Waals surface area contributed by atoms with E-state index < -0.39 is 0 Å². The van der Waals surface area contributed by atoms with Crippen molar-refractivity contribution < 1.29 is 4.42 Å². The number of rotatable bonds is 3. The Labute approximate surface area is 227 Å². The van der Waals surface area contributed by atoms with Gasteiger partial charge in [-0.3, -0.25) is 0 Å². The van der Waals surface area contributed by atoms with E-state index in [2.05, 4.69) is 127 Å². The van der Waals surface area contributed by atoms with Crippen LogP contribution < -0.4 is 0 Å². The molecule has 0 unspecified atom stereocenters. The highest BCUT2D eigenvalue weighted by Gasteiger charge is 2.20. The van der Waals surface area contributed by atoms with Crippen LogP contribution in [0.5, 0.6) is 0 Å². The molecule has 0 aliphatic heterocycles. The summed E-state index contributed by atoms with van der Waals surface area (Å²) in [6.45, 7) is 0. The first-order valence-electron chi connectivity index (χ1n) is 13.7. The molecule has 0 atom stereocenters. The maximum atomic E-state index is 6.32. The predicted molar refractivity (Wildman–Crippen MR) is 166 cm³/mol. The molecule has 0 fully saturated rings. The van der Waals surface area contributed by atoms with Gasteiger partial charge >= 0.3 is 0 Å². The van der Waals surface area contributed by atoms with Crippen molar-refractivity contribution in [3.63, 3.8) is 0 Å². The fraction of sp³-hybridized carbons (Fsp3) is 0.0526. The predicted octanol–water partition coefficient (Wildman–Crippen LogP) is 11.0. The number of para-hydroxylation sites is 1. The third-order valence-electron chi connectivity index (χ3n) is 8.14. The number of allylic oxidation sites excluding steroid dienone is 4. The molecular formula is C38H26O. The van der Waals surface area contributed by atoms with E-state index in [1.165, 1.54) is 60.3 Å². The van der Waals surface area contributed by atoms with Crippen LogP contribution in [0.25, 0.3) is 71.3 Å². The van der Waals surface area contributed by atoms with Crippen molar-refractivity contribution >= 4 is 49.1 Å². The Kier molecular flexibility index (Phi) is 5.03. The maximum absolute atomic E-state index is 6.32. The average molecular weight is 499 g/mol. The van der Waals surface area contributed by atoms with E-state index >= 15 is 0 Å². The van der Waals surface area contributed by atoms with Gasteiger partial charge in [0.1, 0.15) is 11.2 Å². The number of hydrogen-bond donors (Lipinski definition) is 0. The van der Waals surface area contributed by atoms with Crippen LogP contribution in [0.2, 0.25) is 0 Å². The molecule has 0 bridgehead atoms. The molecule has 1 heterocycles. The average Bonchev–Trinajstić information content (AvgIpc) is 3.39. The highest BCUT2D eigenvalue weighted by Crippen LogP contribution is 2.47. The second-order valence-corrected chi connectivity index (χ2v) is 10.4. The van der Waals surface area contributed by atoms with Gasteiger partial charge in [0.25, 0.3) is 0 Å². The normalized spacial score (nSPS) is 13.5. The van der Waals surface area contributed by atoms with Gasteiger partial charge in [-0.2, -0.15) is 0 Å². The lowest BCUT2D eigenvalue weighted by atomic mass is 9.83. The molecule has 184 valence electrons. The Bertz CT molecular complexity index is 2100. The van der Waals surface area contributed by atoms with Gasteiger partial charge in [0.05, 0.1) is 0 Å². The second kappa shape index (κ2) is 8.85. The third-order valence-corrected chi connectivity index (χ3v) is 8.14. The van der Waals surface area contributed by atoms with Crippen molar-refractivity contribution in [2.45, 2.75) is 12.8 Å². The van der Waals surface area contributed by atoms with Crippen molar-refractivity contribution in [1.82, 2.24) is 0 Å². The second-order valence-electron chi connectivity index (χ2n) is 10.4. The fourth-order valence-electron chi connectivity index (χ4n) is 6.41. The van der Waals surface area contributed by atoms with Crippen LogP contribution in [0.1, 0.15) is 18.4 Å². The van der Waals surface area contributed by atoms with Crippen LogP contribution in [-0.4, -0.2) is 0 Å². The molecule has 1 aliphatic rings. The minimum atomic E-state index is 0.925. The summed E-state index contributed by atoms with van der Waals surface area (Å²) in [5.74, 6) is 0. The van der Waals surface area contributed by atoms with Crippen LogP contribution in [0.15, 0.2) is 138 Å². The van der Waals surface area contributed by atoms with Gasteiger partial charge in [0.2, 0.25) is 0 Å². The van der Waals surface area contributed by atoms with Crippen LogP contribution in [0, 0.1) is 0 Å². The molecule has 0 spiro atoms. The van der Waals surface area contributed by atoms with Gasteiger partial charge in [-0.15, -0.1) is 0 Å². The smallest absolute Gasteiger partial charge is 0.136 e. The van der Waals surface area contributed by atoms with E-state index in [0.29, 0.717) is 0 Å². The molecule has 0 saturated carbocycles. The number of hydrogen-bond acceptors (Lipinski definition) is 1. The first-order chi connectivity index (χ1) is 19.4. The molecule has 1 aliphatic carbocycles. The molecule has 0 saturated heterocycles. The fourth-order valence-corrected chi connectivity index (χ4v) is 6.41. The van der Waals surface area contributed by atoms with E-state index in [0.717, 1.165) is 29.4 Å². The van der Waals surface area contributed by atoms with Gasteiger partial charge in [-0.05, 0) is 86.0 Å². The van der Waals surface area contributed by atoms with Gasteiger partial charge in [0, 0.05) is 10.8 Å². The van der Waals surface area contributed by atoms with E-state index in [4.69, 9.17) is 4.42 Å². The Morgan fingerprint density at radius 3 is 2.05 bits per heavy atom. The lowest BCUT2D eigenvalue weighted by Crippen LogP contribution is -1.94. The molecule has 1 aromatic heterocycles. The minimum Gasteiger partial charge on any atom is -0.456 e. The lowest BCUT2D eigenvalue weighted by molar-refractivity contribution is 0.669. The van der Waals surface area contributed by atoms with Crippen molar-refractivity contribution in [1.29, 1.82) is 0 Å². The number of fused-ring (bicyclic) bond motifs is 5. The lowest BCUT2D eigenvalue weighted by Gasteiger charge is -2.20. The first kappa shape index (κ1) is 22.1. The molecule has 1 heteroatoms. The molecule has 7 aromatic rings. The van der Waals surface area contributed by atoms with Gasteiger partial charge < -0.3 is 4.42 Å². The van der Waals surface area contributed by atoms with Crippen LogP contribution in [0.3, 0.4) is 0 Å². The Balaban J connectivity index is 1.56. The van der Waals surface area contributed by atoms with E-state index in [1.807, 2.05) is 6.07 Å². The molecule has 0 amide bonds. The summed E-state index contributed by atoms with van der Waals surface area (Å²) in [6, 6.07) is 41.7. The quantitative estimate of drug-likeness (QED) is 0.221. The maximum Gasteiger partial charge on any atom is 0.136 e. The van der Waals surface area contributed by atoms with Crippen molar-refractivity contribution in [2.75, 3.05) is 0 Å². The zero-order valence-electron chi connectivity index (χ0n) is 21.5. The minimum absolute atomic E-state index is 0.925. The summed E-state index contributed by atoms with van der Waals surface area (Å²) >= 11 is 0. The molecule has 8 rings (SSSR count). The summed E-state index contributed by atoms with van der Waals surface area (Å²) in [5.41, 5.74) is 9.57. The SMILES string of the molecule is C1=CCCC(c2ccc3c(-c4cccc5oc6ccccc6c45)c4ccccc4c(-c4ccccc4)c3c2)=C1. The van der Waals surface area contributed by atoms with E-state index in [1.54, 1.807) is 0 Å². The summed E-state index contributed by atoms with van der Waals surface area (Å²) in [5, 5.41) is 7.41. The molecule has 6 aromatic carbocycles. The van der Waals surface area contributed by atoms with Crippen molar-refractivity contribution in [3.05, 3.63) is 139 Å². The highest BCUT2D eigenvalue weighted by molar-refractivity contribution is 6.25. The van der Waals surface area contributed by atoms with Crippen molar-refractivity contribution in [2.24, 2.45) is 0 Å². The summed E-state index contributed by atoms with van der Waals surface area (Å²) in [7, 11) is 0. The monoisotopic (exact) mass is 498 g/mol. The van der Waals surface area contributed by atoms with Crippen LogP contribution in [0.4, 0.5) is 0 Å². The van der Waals surface area contributed by atoms with Crippen LogP contribution in [-0.2, 0) is 0 Å². The standard InChI is InChI=1S/C38H26O/c1-3-12-25(13-4-1)27-22-23-30-33(24-27)36(26-14-5-2-6-15-26)28-16-7-8-17-29(28)37(30)32-19-11-21-35-38(32)31-18-9-10-20-34(31)39-35/h1-3,5-12,14-24H,4,13H2. The summed E-state index contributed by atoms with van der Waals surface area (Å²) < 4.78 is 6.32. The summed E-state index contributed by atoms with van der Waals surface area (Å²) in [4.78, 5) is 0. The van der Waals surface area contributed by atoms with Crippen LogP contribution >= 0.6 is 0 Å². The molecule has 39 heavy (non-hydrogen) atoms. The molecule has 0 N–H and O–H groups in total. The Morgan fingerprint density at radius 2 is 1.23 bits per heavy atom. The molecule has 0 radical (unpaired) electrons. The molecule has 1 nitrogen and oxygen atoms in total.